The minimum Gasteiger partial charge on any atom is -0.298 e. The highest BCUT2D eigenvalue weighted by Crippen LogP contribution is 2.32. The smallest absolute Gasteiger partial charge is 0.154 e. The number of pyridine rings is 2. The average Bonchev–Trinajstić information content (AvgIpc) is 3.79. The summed E-state index contributed by atoms with van der Waals surface area (Å²) in [4.78, 5) is 31.6. The highest BCUT2D eigenvalue weighted by molar-refractivity contribution is 5.91. The summed E-state index contributed by atoms with van der Waals surface area (Å²) in [6.07, 6.45) is 14.4. The molecule has 0 fully saturated rings. The molecule has 2 atom stereocenters. The Morgan fingerprint density at radius 1 is 0.521 bits per heavy atom. The third-order valence-corrected chi connectivity index (χ3v) is 8.93. The number of nitrogens with zero attached hydrogens (tertiary/aromatic N) is 8. The Bertz CT molecular complexity index is 2250. The molecule has 0 aliphatic rings. The molecule has 0 bridgehead atoms. The quantitative estimate of drug-likeness (QED) is 0.170. The van der Waals surface area contributed by atoms with Gasteiger partial charge < -0.3 is 0 Å². The Balaban J connectivity index is 1.03. The van der Waals surface area contributed by atoms with E-state index >= 15 is 0 Å². The highest BCUT2D eigenvalue weighted by atomic mass is 16.1. The molecule has 0 saturated heterocycles. The number of benzene rings is 2. The molecular weight excluding hydrogens is 596 g/mol. The van der Waals surface area contributed by atoms with Crippen molar-refractivity contribution in [2.45, 2.75) is 25.7 Å². The number of hydrogen-bond acceptors (Lipinski definition) is 7. The van der Waals surface area contributed by atoms with Gasteiger partial charge in [-0.25, -0.2) is 19.0 Å². The van der Waals surface area contributed by atoms with Crippen LogP contribution >= 0.6 is 0 Å². The van der Waals surface area contributed by atoms with Crippen molar-refractivity contribution in [3.8, 4) is 44.8 Å². The van der Waals surface area contributed by atoms with Crippen molar-refractivity contribution in [2.75, 3.05) is 0 Å². The normalized spacial score (nSPS) is 12.7. The Hall–Kier alpha value is -6.35. The number of ketones is 1. The Morgan fingerprint density at radius 2 is 0.979 bits per heavy atom. The van der Waals surface area contributed by atoms with E-state index < -0.39 is 0 Å². The maximum absolute atomic E-state index is 13.9. The Morgan fingerprint density at radius 3 is 1.42 bits per heavy atom. The van der Waals surface area contributed by atoms with Crippen LogP contribution in [0.5, 0.6) is 0 Å². The number of imidazole rings is 2. The fourth-order valence-corrected chi connectivity index (χ4v) is 6.17. The first-order valence-corrected chi connectivity index (χ1v) is 15.8. The number of carbonyl (C=O) groups excluding carboxylic acids is 1. The summed E-state index contributed by atoms with van der Waals surface area (Å²) in [5.74, 6) is -0.508. The predicted octanol–water partition coefficient (Wildman–Crippen LogP) is 7.71. The summed E-state index contributed by atoms with van der Waals surface area (Å²) in [7, 11) is 0. The zero-order valence-corrected chi connectivity index (χ0v) is 26.3. The van der Waals surface area contributed by atoms with Crippen molar-refractivity contribution < 1.29 is 4.79 Å². The van der Waals surface area contributed by atoms with Gasteiger partial charge in [-0.1, -0.05) is 62.4 Å². The molecule has 0 aliphatic carbocycles. The van der Waals surface area contributed by atoms with E-state index in [1.165, 1.54) is 0 Å². The first kappa shape index (κ1) is 29.1. The summed E-state index contributed by atoms with van der Waals surface area (Å²) in [6, 6.07) is 28.0. The maximum Gasteiger partial charge on any atom is 0.154 e. The Kier molecular flexibility index (Phi) is 7.34. The molecule has 0 aliphatic heterocycles. The van der Waals surface area contributed by atoms with Crippen molar-refractivity contribution in [1.82, 2.24) is 39.2 Å². The zero-order chi connectivity index (χ0) is 32.6. The lowest BCUT2D eigenvalue weighted by Gasteiger charge is -2.18. The van der Waals surface area contributed by atoms with E-state index in [1.807, 2.05) is 133 Å². The zero-order valence-electron chi connectivity index (χ0n) is 26.3. The van der Waals surface area contributed by atoms with Gasteiger partial charge in [-0.15, -0.1) is 0 Å². The van der Waals surface area contributed by atoms with Crippen LogP contribution in [0, 0.1) is 0 Å². The van der Waals surface area contributed by atoms with Gasteiger partial charge in [0, 0.05) is 70.0 Å². The van der Waals surface area contributed by atoms with Crippen LogP contribution in [0.2, 0.25) is 0 Å². The molecule has 0 amide bonds. The highest BCUT2D eigenvalue weighted by Gasteiger charge is 2.24. The molecule has 9 heteroatoms. The molecule has 2 unspecified atom stereocenters. The minimum atomic E-state index is -0.323. The molecule has 6 aromatic heterocycles. The van der Waals surface area contributed by atoms with Gasteiger partial charge in [-0.2, -0.15) is 10.2 Å². The lowest BCUT2D eigenvalue weighted by atomic mass is 9.84. The third kappa shape index (κ3) is 5.31. The molecule has 8 rings (SSSR count). The van der Waals surface area contributed by atoms with Crippen molar-refractivity contribution in [3.63, 3.8) is 0 Å². The third-order valence-electron chi connectivity index (χ3n) is 8.93. The van der Waals surface area contributed by atoms with Gasteiger partial charge >= 0.3 is 0 Å². The maximum atomic E-state index is 13.9. The molecule has 232 valence electrons. The fraction of sp³-hybridized carbons (Fsp3) is 0.103. The number of rotatable bonds is 8. The Labute approximate surface area is 276 Å². The molecule has 0 radical (unpaired) electrons. The second-order valence-electron chi connectivity index (χ2n) is 11.9. The van der Waals surface area contributed by atoms with Crippen molar-refractivity contribution in [2.24, 2.45) is 0 Å². The van der Waals surface area contributed by atoms with Crippen LogP contribution in [0.4, 0.5) is 0 Å². The van der Waals surface area contributed by atoms with Gasteiger partial charge in [-0.05, 0) is 47.5 Å². The molecule has 9 nitrogen and oxygen atoms in total. The summed E-state index contributed by atoms with van der Waals surface area (Å²) in [5, 5.41) is 9.37. The van der Waals surface area contributed by atoms with Crippen molar-refractivity contribution >= 4 is 17.1 Å². The van der Waals surface area contributed by atoms with E-state index in [4.69, 9.17) is 0 Å². The lowest BCUT2D eigenvalue weighted by molar-refractivity contribution is -0.121. The second-order valence-corrected chi connectivity index (χ2v) is 11.9. The fourth-order valence-electron chi connectivity index (χ4n) is 6.17. The number of fused-ring (bicyclic) bond motifs is 2. The summed E-state index contributed by atoms with van der Waals surface area (Å²) >= 11 is 0. The molecular formula is C39H30N8O. The molecule has 0 spiro atoms. The molecule has 0 N–H and O–H groups in total. The lowest BCUT2D eigenvalue weighted by Crippen LogP contribution is -2.16. The van der Waals surface area contributed by atoms with Crippen LogP contribution in [0.25, 0.3) is 56.1 Å². The second kappa shape index (κ2) is 12.1. The average molecular weight is 627 g/mol. The number of aromatic nitrogens is 8. The molecule has 6 heterocycles. The number of hydrogen-bond donors (Lipinski definition) is 0. The first-order chi connectivity index (χ1) is 23.5. The van der Waals surface area contributed by atoms with E-state index in [0.717, 1.165) is 67.2 Å². The van der Waals surface area contributed by atoms with Crippen molar-refractivity contribution in [1.29, 1.82) is 0 Å². The van der Waals surface area contributed by atoms with Crippen LogP contribution in [-0.4, -0.2) is 44.9 Å². The van der Waals surface area contributed by atoms with E-state index in [1.54, 1.807) is 12.4 Å². The van der Waals surface area contributed by atoms with E-state index in [9.17, 15) is 4.79 Å². The van der Waals surface area contributed by atoms with Crippen LogP contribution in [0.3, 0.4) is 0 Å². The summed E-state index contributed by atoms with van der Waals surface area (Å²) in [6.45, 7) is 3.95. The number of Topliss-reactive ketones (excluding diaryl/α,β-unsaturated/α-hetero) is 1. The van der Waals surface area contributed by atoms with Gasteiger partial charge in [0.25, 0.3) is 0 Å². The summed E-state index contributed by atoms with van der Waals surface area (Å²) in [5.41, 5.74) is 10.8. The molecule has 48 heavy (non-hydrogen) atoms. The van der Waals surface area contributed by atoms with Gasteiger partial charge in [-0.3, -0.25) is 14.8 Å². The van der Waals surface area contributed by atoms with Crippen LogP contribution in [-0.2, 0) is 4.79 Å². The van der Waals surface area contributed by atoms with E-state index in [-0.39, 0.29) is 17.6 Å². The van der Waals surface area contributed by atoms with Crippen LogP contribution in [0.15, 0.2) is 135 Å². The van der Waals surface area contributed by atoms with Gasteiger partial charge in [0.05, 0.1) is 36.2 Å². The minimum absolute atomic E-state index is 0.138. The van der Waals surface area contributed by atoms with Crippen LogP contribution in [0.1, 0.15) is 36.8 Å². The molecule has 8 aromatic rings. The SMILES string of the molecule is CC(C(=O)C(C)c1cccc(-c2cnc3cc(-c4cccnc4)cnn23)c1)c1cccc(-c2cnc3cc(-c4cccnc4)cnn23)c1. The van der Waals surface area contributed by atoms with Gasteiger partial charge in [0.1, 0.15) is 5.78 Å². The topological polar surface area (TPSA) is 103 Å². The predicted molar refractivity (Wildman–Crippen MR) is 185 cm³/mol. The van der Waals surface area contributed by atoms with E-state index in [0.29, 0.717) is 0 Å². The van der Waals surface area contributed by atoms with Crippen molar-refractivity contribution in [3.05, 3.63) is 146 Å². The van der Waals surface area contributed by atoms with Crippen LogP contribution < -0.4 is 0 Å². The molecule has 0 saturated carbocycles. The largest absolute Gasteiger partial charge is 0.298 e. The van der Waals surface area contributed by atoms with E-state index in [2.05, 4.69) is 42.3 Å². The van der Waals surface area contributed by atoms with Gasteiger partial charge in [0.2, 0.25) is 0 Å². The first-order valence-electron chi connectivity index (χ1n) is 15.8. The summed E-state index contributed by atoms with van der Waals surface area (Å²) < 4.78 is 3.66. The van der Waals surface area contributed by atoms with Gasteiger partial charge in [0.15, 0.2) is 11.3 Å². The standard InChI is InChI=1S/C39H30N8O/c1-25(27-7-3-9-29(15-27)35-23-42-37-17-33(21-44-46(35)37)31-11-5-13-40-19-31)39(48)26(2)28-8-4-10-30(16-28)36-24-43-38-18-34(22-45-47(36)38)32-12-6-14-41-20-32/h3-26H,1-2H3. The molecule has 2 aromatic carbocycles. The number of carbonyl (C=O) groups is 1. The monoisotopic (exact) mass is 626 g/mol.